The van der Waals surface area contributed by atoms with Crippen LogP contribution in [-0.2, 0) is 36.9 Å². The third kappa shape index (κ3) is 20.5. The first-order valence-corrected chi connectivity index (χ1v) is 38.2. The van der Waals surface area contributed by atoms with Crippen LogP contribution < -0.4 is 45.0 Å². The number of aromatic carboxylic acids is 3. The number of thiophene rings is 4. The van der Waals surface area contributed by atoms with E-state index < -0.39 is 23.9 Å². The van der Waals surface area contributed by atoms with Crippen molar-refractivity contribution in [3.8, 4) is 68.8 Å². The molecule has 29 heteroatoms. The summed E-state index contributed by atoms with van der Waals surface area (Å²) in [6, 6.07) is 44.9. The normalized spacial score (nSPS) is 10.7. The third-order valence-corrected chi connectivity index (χ3v) is 21.5. The second kappa shape index (κ2) is 37.6. The Bertz CT molecular complexity index is 5490. The fourth-order valence-electron chi connectivity index (χ4n) is 11.6. The molecule has 0 bridgehead atoms. The van der Waals surface area contributed by atoms with Gasteiger partial charge in [0, 0.05) is 62.1 Å². The summed E-state index contributed by atoms with van der Waals surface area (Å²) >= 11 is 5.96. The Balaban J connectivity index is 0.000000157. The maximum Gasteiger partial charge on any atom is 0.335 e. The van der Waals surface area contributed by atoms with Crippen LogP contribution in [0, 0.1) is 27.7 Å². The van der Waals surface area contributed by atoms with Crippen LogP contribution in [0.25, 0.3) is 53.6 Å². The highest BCUT2D eigenvalue weighted by molar-refractivity contribution is 7.18. The molecule has 8 N–H and O–H groups in total. The van der Waals surface area contributed by atoms with Crippen molar-refractivity contribution >= 4 is 126 Å². The second-order valence-corrected chi connectivity index (χ2v) is 28.7. The summed E-state index contributed by atoms with van der Waals surface area (Å²) in [5.74, 6) is 2.18. The van der Waals surface area contributed by atoms with Crippen LogP contribution >= 0.6 is 45.3 Å². The van der Waals surface area contributed by atoms with E-state index in [0.29, 0.717) is 40.6 Å². The first-order chi connectivity index (χ1) is 53.4. The highest BCUT2D eigenvalue weighted by Gasteiger charge is 2.21. The molecule has 0 spiro atoms. The van der Waals surface area contributed by atoms with Gasteiger partial charge in [-0.15, -0.1) is 0 Å². The van der Waals surface area contributed by atoms with Gasteiger partial charge in [-0.3, -0.25) is 4.79 Å². The van der Waals surface area contributed by atoms with Gasteiger partial charge >= 0.3 is 23.9 Å². The lowest BCUT2D eigenvalue weighted by Gasteiger charge is -2.16. The number of aryl methyl sites for hydroxylation is 4. The van der Waals surface area contributed by atoms with Gasteiger partial charge < -0.3 is 65.4 Å². The maximum absolute atomic E-state index is 11.2. The van der Waals surface area contributed by atoms with Gasteiger partial charge in [-0.05, 0) is 197 Å². The number of hydrogen-bond acceptors (Lipinski definition) is 25. The summed E-state index contributed by atoms with van der Waals surface area (Å²) in [5, 5.41) is 54.7. The largest absolute Gasteiger partial charge is 0.495 e. The third-order valence-electron chi connectivity index (χ3n) is 17.3. The van der Waals surface area contributed by atoms with E-state index >= 15 is 0 Å². The van der Waals surface area contributed by atoms with Crippen molar-refractivity contribution in [2.75, 3.05) is 56.8 Å². The average molecular weight is 1570 g/mol. The summed E-state index contributed by atoms with van der Waals surface area (Å²) < 4.78 is 26.4. The Hall–Kier alpha value is -12.4. The number of carboxylic acid groups (broad SMARTS) is 4. The number of methoxy groups -OCH3 is 5. The molecule has 13 rings (SSSR count). The highest BCUT2D eigenvalue weighted by Crippen LogP contribution is 2.39. The SMILES string of the molecule is CCc1c(C)nc(-c2ccc(OC)s2)nc1Nc1ccc(C(=O)O)cc1.CCc1c(C)nc(-c2ccc(OC)s2)nc1Nc1ccc(C(=O)O)cc1OC.CCc1c(C)nc(-c2ccc(OC)s2)nc1Nc1ccc(CC(=O)O)cc1.CCc1c(C)nc(-c2ccc(OC)s2)nc1Nc1ccc2cc(C(=O)O)ccc2c1. The molecule has 0 fully saturated rings. The highest BCUT2D eigenvalue weighted by atomic mass is 32.1. The van der Waals surface area contributed by atoms with Gasteiger partial charge in [0.2, 0.25) is 0 Å². The number of nitrogens with zero attached hydrogens (tertiary/aromatic N) is 8. The van der Waals surface area contributed by atoms with Crippen LogP contribution in [0.2, 0.25) is 0 Å². The molecule has 8 aromatic heterocycles. The summed E-state index contributed by atoms with van der Waals surface area (Å²) in [6.07, 6.45) is 3.15. The van der Waals surface area contributed by atoms with Crippen molar-refractivity contribution in [1.82, 2.24) is 39.9 Å². The zero-order valence-electron chi connectivity index (χ0n) is 63.1. The summed E-state index contributed by atoms with van der Waals surface area (Å²) in [7, 11) is 8.05. The van der Waals surface area contributed by atoms with E-state index in [0.717, 1.165) is 161 Å². The number of aromatic nitrogens is 8. The van der Waals surface area contributed by atoms with Gasteiger partial charge in [-0.2, -0.15) is 0 Å². The zero-order chi connectivity index (χ0) is 79.6. The molecular weight excluding hydrogens is 1490 g/mol. The van der Waals surface area contributed by atoms with E-state index in [1.54, 1.807) is 83.0 Å². The molecule has 0 radical (unpaired) electrons. The van der Waals surface area contributed by atoms with Crippen molar-refractivity contribution < 1.29 is 63.3 Å². The van der Waals surface area contributed by atoms with Crippen LogP contribution in [-0.4, -0.2) is 120 Å². The van der Waals surface area contributed by atoms with E-state index in [4.69, 9.17) is 53.8 Å². The minimum absolute atomic E-state index is 0.0114. The lowest BCUT2D eigenvalue weighted by atomic mass is 10.1. The number of fused-ring (bicyclic) bond motifs is 1. The van der Waals surface area contributed by atoms with Gasteiger partial charge in [0.1, 0.15) is 29.0 Å². The molecule has 0 saturated carbocycles. The van der Waals surface area contributed by atoms with Crippen LogP contribution in [0.3, 0.4) is 0 Å². The van der Waals surface area contributed by atoms with Gasteiger partial charge in [0.05, 0.1) is 83.9 Å². The van der Waals surface area contributed by atoms with E-state index in [-0.39, 0.29) is 23.1 Å². The summed E-state index contributed by atoms with van der Waals surface area (Å²) in [5.41, 5.74) is 12.4. The van der Waals surface area contributed by atoms with Gasteiger partial charge in [-0.1, -0.05) is 97.3 Å². The molecule has 0 atom stereocenters. The Morgan fingerprint density at radius 2 is 0.658 bits per heavy atom. The lowest BCUT2D eigenvalue weighted by Crippen LogP contribution is -2.06. The molecule has 0 aliphatic carbocycles. The minimum Gasteiger partial charge on any atom is -0.495 e. The van der Waals surface area contributed by atoms with E-state index in [1.807, 2.05) is 120 Å². The number of aliphatic carboxylic acids is 1. The van der Waals surface area contributed by atoms with Crippen molar-refractivity contribution in [1.29, 1.82) is 0 Å². The molecule has 111 heavy (non-hydrogen) atoms. The Kier molecular flexibility index (Phi) is 27.5. The van der Waals surface area contributed by atoms with Gasteiger partial charge in [-0.25, -0.2) is 54.3 Å². The quantitative estimate of drug-likeness (QED) is 0.0250. The topological polar surface area (TPSA) is 347 Å². The first-order valence-electron chi connectivity index (χ1n) is 34.9. The smallest absolute Gasteiger partial charge is 0.335 e. The Labute approximate surface area is 657 Å². The predicted octanol–water partition coefficient (Wildman–Crippen LogP) is 19.2. The van der Waals surface area contributed by atoms with E-state index in [2.05, 4.69) is 62.0 Å². The number of benzene rings is 5. The van der Waals surface area contributed by atoms with Crippen LogP contribution in [0.4, 0.5) is 46.0 Å². The van der Waals surface area contributed by atoms with Crippen LogP contribution in [0.15, 0.2) is 152 Å². The zero-order valence-corrected chi connectivity index (χ0v) is 66.4. The monoisotopic (exact) mass is 1570 g/mol. The molecule has 0 unspecified atom stereocenters. The van der Waals surface area contributed by atoms with E-state index in [1.165, 1.54) is 64.6 Å². The number of carbonyl (C=O) groups is 4. The number of anilines is 8. The second-order valence-electron chi connectivity index (χ2n) is 24.5. The minimum atomic E-state index is -1.01. The molecule has 572 valence electrons. The number of ether oxygens (including phenoxy) is 5. The Morgan fingerprint density at radius 3 is 1.00 bits per heavy atom. The molecule has 13 aromatic rings. The Morgan fingerprint density at radius 1 is 0.342 bits per heavy atom. The fraction of sp³-hybridized carbons (Fsp3) is 0.220. The number of carboxylic acids is 4. The molecule has 5 aromatic carbocycles. The first kappa shape index (κ1) is 81.1. The van der Waals surface area contributed by atoms with E-state index in [9.17, 15) is 29.4 Å². The summed E-state index contributed by atoms with van der Waals surface area (Å²) in [4.78, 5) is 85.5. The van der Waals surface area contributed by atoms with Crippen molar-refractivity contribution in [3.63, 3.8) is 0 Å². The molecule has 0 saturated heterocycles. The van der Waals surface area contributed by atoms with Crippen molar-refractivity contribution in [2.45, 2.75) is 87.5 Å². The maximum atomic E-state index is 11.2. The standard InChI is InChI=1S/C23H21N3O3S.C20H21N3O4S.C20H21N3O3S.C19H19N3O3S/c1-4-18-13(2)24-22(19-9-10-20(29-3)30-19)26-21(18)25-17-8-7-14-11-16(23(27)28)6-5-15(14)12-17;1-5-13-11(2)21-19(16-8-9-17(27-4)28-16)23-18(13)22-14-7-6-12(20(24)25)10-15(14)26-3;1-4-15-12(2)21-20(16-9-10-18(26-3)27-16)23-19(15)22-14-7-5-13(6-8-14)11-17(24)25;1-4-14-11(2)20-18(15-9-10-16(25-3)26-15)22-17(14)21-13-7-5-12(6-8-13)19(23)24/h5-12H,4H2,1-3H3,(H,27,28)(H,24,25,26);6-10H,5H2,1-4H3,(H,24,25)(H,21,22,23);5-10H,4,11H2,1-3H3,(H,24,25)(H,21,22,23);5-10H,4H2,1-3H3,(H,23,24)(H,20,21,22). The molecule has 0 aliphatic heterocycles. The molecular formula is C82H82N12O13S4. The number of rotatable bonds is 26. The molecule has 8 heterocycles. The van der Waals surface area contributed by atoms with Crippen LogP contribution in [0.1, 0.15) is 109 Å². The fourth-order valence-corrected chi connectivity index (χ4v) is 14.6. The lowest BCUT2D eigenvalue weighted by molar-refractivity contribution is -0.136. The van der Waals surface area contributed by atoms with Crippen LogP contribution in [0.5, 0.6) is 26.0 Å². The number of hydrogen-bond donors (Lipinski definition) is 8. The van der Waals surface area contributed by atoms with Gasteiger partial charge in [0.25, 0.3) is 0 Å². The average Bonchev–Trinajstić information content (AvgIpc) is 1.80. The molecule has 0 aliphatic rings. The summed E-state index contributed by atoms with van der Waals surface area (Å²) in [6.45, 7) is 16.1. The van der Waals surface area contributed by atoms with Crippen molar-refractivity contribution in [3.05, 3.63) is 219 Å². The van der Waals surface area contributed by atoms with Crippen molar-refractivity contribution in [2.24, 2.45) is 0 Å². The number of nitrogens with one attached hydrogen (secondary N) is 4. The van der Waals surface area contributed by atoms with Gasteiger partial charge in [0.15, 0.2) is 43.6 Å². The predicted molar refractivity (Wildman–Crippen MR) is 439 cm³/mol. The molecule has 25 nitrogen and oxygen atoms in total. The molecule has 0 amide bonds.